The summed E-state index contributed by atoms with van der Waals surface area (Å²) < 4.78 is 22.0. The van der Waals surface area contributed by atoms with Gasteiger partial charge in [-0.25, -0.2) is 9.97 Å². The van der Waals surface area contributed by atoms with E-state index in [0.717, 1.165) is 33.6 Å². The number of ether oxygens (including phenoxy) is 3. The van der Waals surface area contributed by atoms with Crippen molar-refractivity contribution in [3.05, 3.63) is 54.9 Å². The molecule has 0 unspecified atom stereocenters. The Kier molecular flexibility index (Phi) is 5.81. The second-order valence-corrected chi connectivity index (χ2v) is 6.59. The summed E-state index contributed by atoms with van der Waals surface area (Å²) in [4.78, 5) is 8.82. The highest BCUT2D eigenvalue weighted by Gasteiger charge is 2.22. The summed E-state index contributed by atoms with van der Waals surface area (Å²) in [6, 6.07) is 15.6. The minimum absolute atomic E-state index is 0.515. The zero-order chi connectivity index (χ0) is 20.9. The molecule has 0 aliphatic rings. The van der Waals surface area contributed by atoms with E-state index >= 15 is 0 Å². The summed E-state index contributed by atoms with van der Waals surface area (Å²) >= 11 is 0. The largest absolute Gasteiger partial charge is 0.497 e. The van der Waals surface area contributed by atoms with E-state index in [1.54, 1.807) is 21.3 Å². The Balaban J connectivity index is 1.91. The van der Waals surface area contributed by atoms with Crippen molar-refractivity contribution in [2.75, 3.05) is 39.8 Å². The van der Waals surface area contributed by atoms with Crippen molar-refractivity contribution >= 4 is 16.9 Å². The van der Waals surface area contributed by atoms with Crippen LogP contribution in [0.2, 0.25) is 0 Å². The topological polar surface area (TPSA) is 78.6 Å². The van der Waals surface area contributed by atoms with Gasteiger partial charge < -0.3 is 23.9 Å². The van der Waals surface area contributed by atoms with Gasteiger partial charge in [0.25, 0.3) is 0 Å². The lowest BCUT2D eigenvalue weighted by atomic mass is 9.99. The van der Waals surface area contributed by atoms with Gasteiger partial charge in [-0.15, -0.1) is 0 Å². The van der Waals surface area contributed by atoms with Gasteiger partial charge in [-0.3, -0.25) is 0 Å². The standard InChI is InChI=1S/C23H23N3O4/c1-27-13-12-24-22-20-19(15-4-8-17(28-2)9-5-15)21(30-23(20)26-14-25-22)16-6-10-18(29-3)11-7-16/h4-11,14H,12-13H2,1-3H3,(H,24,25,26). The highest BCUT2D eigenvalue weighted by atomic mass is 16.5. The van der Waals surface area contributed by atoms with E-state index < -0.39 is 0 Å². The number of methoxy groups -OCH3 is 3. The van der Waals surface area contributed by atoms with Crippen LogP contribution >= 0.6 is 0 Å². The van der Waals surface area contributed by atoms with Crippen LogP contribution in [-0.2, 0) is 4.74 Å². The number of anilines is 1. The molecule has 0 atom stereocenters. The van der Waals surface area contributed by atoms with Gasteiger partial charge in [0.1, 0.15) is 29.4 Å². The van der Waals surface area contributed by atoms with Crippen LogP contribution in [0.5, 0.6) is 11.5 Å². The predicted octanol–water partition coefficient (Wildman–Crippen LogP) is 4.63. The molecule has 4 aromatic rings. The fourth-order valence-corrected chi connectivity index (χ4v) is 3.32. The lowest BCUT2D eigenvalue weighted by Crippen LogP contribution is -2.09. The lowest BCUT2D eigenvalue weighted by molar-refractivity contribution is 0.210. The molecule has 30 heavy (non-hydrogen) atoms. The Morgan fingerprint density at radius 3 is 2.07 bits per heavy atom. The molecule has 0 aliphatic carbocycles. The van der Waals surface area contributed by atoms with Crippen molar-refractivity contribution in [2.45, 2.75) is 0 Å². The minimum Gasteiger partial charge on any atom is -0.497 e. The average molecular weight is 405 g/mol. The molecule has 0 amide bonds. The number of rotatable bonds is 8. The van der Waals surface area contributed by atoms with E-state index in [1.165, 1.54) is 6.33 Å². The number of hydrogen-bond donors (Lipinski definition) is 1. The fourth-order valence-electron chi connectivity index (χ4n) is 3.32. The third kappa shape index (κ3) is 3.79. The molecule has 7 heteroatoms. The summed E-state index contributed by atoms with van der Waals surface area (Å²) in [6.45, 7) is 1.18. The molecule has 0 bridgehead atoms. The first-order valence-electron chi connectivity index (χ1n) is 9.54. The first-order valence-corrected chi connectivity index (χ1v) is 9.54. The van der Waals surface area contributed by atoms with Crippen LogP contribution < -0.4 is 14.8 Å². The molecule has 2 heterocycles. The highest BCUT2D eigenvalue weighted by molar-refractivity contribution is 6.05. The summed E-state index contributed by atoms with van der Waals surface area (Å²) in [5.74, 6) is 2.98. The van der Waals surface area contributed by atoms with Gasteiger partial charge in [-0.1, -0.05) is 12.1 Å². The van der Waals surface area contributed by atoms with E-state index in [2.05, 4.69) is 15.3 Å². The molecule has 2 aromatic heterocycles. The van der Waals surface area contributed by atoms with Gasteiger partial charge in [0.05, 0.1) is 26.2 Å². The van der Waals surface area contributed by atoms with E-state index in [0.29, 0.717) is 30.4 Å². The first kappa shape index (κ1) is 19.7. The van der Waals surface area contributed by atoms with E-state index in [1.807, 2.05) is 48.5 Å². The van der Waals surface area contributed by atoms with Crippen LogP contribution in [-0.4, -0.2) is 44.4 Å². The fraction of sp³-hybridized carbons (Fsp3) is 0.217. The smallest absolute Gasteiger partial charge is 0.232 e. The third-order valence-corrected chi connectivity index (χ3v) is 4.82. The summed E-state index contributed by atoms with van der Waals surface area (Å²) in [5.41, 5.74) is 3.33. The number of fused-ring (bicyclic) bond motifs is 1. The maximum atomic E-state index is 6.22. The van der Waals surface area contributed by atoms with E-state index in [9.17, 15) is 0 Å². The third-order valence-electron chi connectivity index (χ3n) is 4.82. The molecule has 0 radical (unpaired) electrons. The molecule has 0 fully saturated rings. The Morgan fingerprint density at radius 1 is 0.833 bits per heavy atom. The van der Waals surface area contributed by atoms with E-state index in [4.69, 9.17) is 18.6 Å². The zero-order valence-corrected chi connectivity index (χ0v) is 17.1. The van der Waals surface area contributed by atoms with Crippen molar-refractivity contribution in [3.63, 3.8) is 0 Å². The second-order valence-electron chi connectivity index (χ2n) is 6.59. The average Bonchev–Trinajstić information content (AvgIpc) is 3.20. The molecule has 1 N–H and O–H groups in total. The van der Waals surface area contributed by atoms with Crippen molar-refractivity contribution in [1.29, 1.82) is 0 Å². The summed E-state index contributed by atoms with van der Waals surface area (Å²) in [6.07, 6.45) is 1.50. The molecule has 154 valence electrons. The lowest BCUT2D eigenvalue weighted by Gasteiger charge is -2.09. The number of nitrogens with one attached hydrogen (secondary N) is 1. The Hall–Kier alpha value is -3.58. The highest BCUT2D eigenvalue weighted by Crippen LogP contribution is 2.43. The Labute approximate surface area is 174 Å². The molecule has 0 saturated carbocycles. The molecular weight excluding hydrogens is 382 g/mol. The first-order chi connectivity index (χ1) is 14.7. The van der Waals surface area contributed by atoms with Crippen LogP contribution in [0.25, 0.3) is 33.6 Å². The summed E-state index contributed by atoms with van der Waals surface area (Å²) in [7, 11) is 4.96. The minimum atomic E-state index is 0.515. The van der Waals surface area contributed by atoms with Crippen molar-refractivity contribution < 1.29 is 18.6 Å². The molecule has 0 spiro atoms. The molecule has 7 nitrogen and oxygen atoms in total. The van der Waals surface area contributed by atoms with Gasteiger partial charge in [0.2, 0.25) is 5.71 Å². The van der Waals surface area contributed by atoms with E-state index in [-0.39, 0.29) is 0 Å². The molecular formula is C23H23N3O4. The van der Waals surface area contributed by atoms with Crippen LogP contribution in [0.4, 0.5) is 5.82 Å². The summed E-state index contributed by atoms with van der Waals surface area (Å²) in [5, 5.41) is 4.15. The van der Waals surface area contributed by atoms with Gasteiger partial charge in [0, 0.05) is 24.8 Å². The van der Waals surface area contributed by atoms with Crippen LogP contribution in [0.1, 0.15) is 0 Å². The number of aromatic nitrogens is 2. The van der Waals surface area contributed by atoms with Crippen LogP contribution in [0.15, 0.2) is 59.3 Å². The molecule has 2 aromatic carbocycles. The number of hydrogen-bond acceptors (Lipinski definition) is 7. The maximum Gasteiger partial charge on any atom is 0.232 e. The van der Waals surface area contributed by atoms with Gasteiger partial charge in [-0.05, 0) is 42.0 Å². The van der Waals surface area contributed by atoms with Crippen molar-refractivity contribution in [2.24, 2.45) is 0 Å². The molecule has 4 rings (SSSR count). The molecule has 0 aliphatic heterocycles. The predicted molar refractivity (Wildman–Crippen MR) is 116 cm³/mol. The maximum absolute atomic E-state index is 6.22. The number of furan rings is 1. The van der Waals surface area contributed by atoms with Crippen LogP contribution in [0, 0.1) is 0 Å². The van der Waals surface area contributed by atoms with Gasteiger partial charge in [0.15, 0.2) is 0 Å². The Bertz CT molecular complexity index is 1120. The van der Waals surface area contributed by atoms with Crippen molar-refractivity contribution in [3.8, 4) is 33.9 Å². The van der Waals surface area contributed by atoms with Gasteiger partial charge in [-0.2, -0.15) is 0 Å². The normalized spacial score (nSPS) is 10.9. The molecule has 0 saturated heterocycles. The monoisotopic (exact) mass is 405 g/mol. The van der Waals surface area contributed by atoms with Crippen LogP contribution in [0.3, 0.4) is 0 Å². The van der Waals surface area contributed by atoms with Crippen molar-refractivity contribution in [1.82, 2.24) is 9.97 Å². The second kappa shape index (κ2) is 8.84. The van der Waals surface area contributed by atoms with Gasteiger partial charge >= 0.3 is 0 Å². The zero-order valence-electron chi connectivity index (χ0n) is 17.1. The number of benzene rings is 2. The SMILES string of the molecule is COCCNc1ncnc2oc(-c3ccc(OC)cc3)c(-c3ccc(OC)cc3)c12. The quantitative estimate of drug-likeness (QED) is 0.428. The number of nitrogens with zero attached hydrogens (tertiary/aromatic N) is 2. The Morgan fingerprint density at radius 2 is 1.47 bits per heavy atom.